The van der Waals surface area contributed by atoms with Gasteiger partial charge in [-0.25, -0.2) is 0 Å². The smallest absolute Gasteiger partial charge is 0.251 e. The van der Waals surface area contributed by atoms with Crippen molar-refractivity contribution >= 4 is 11.6 Å². The number of amides is 1. The van der Waals surface area contributed by atoms with Crippen LogP contribution >= 0.6 is 0 Å². The van der Waals surface area contributed by atoms with Crippen LogP contribution in [0.1, 0.15) is 27.2 Å². The first-order valence-electron chi connectivity index (χ1n) is 8.26. The largest absolute Gasteiger partial charge is 0.381 e. The number of hydrogen-bond acceptors (Lipinski definition) is 4. The number of hydrogen-bond donors (Lipinski definition) is 2. The SMILES string of the molecule is N#Cc1cccc(CNc2cccc(C(=O)NCc3ccccn3)c2)c1. The number of aromatic nitrogens is 1. The Morgan fingerprint density at radius 3 is 2.69 bits per heavy atom. The van der Waals surface area contributed by atoms with Crippen molar-refractivity contribution in [2.75, 3.05) is 5.32 Å². The van der Waals surface area contributed by atoms with Crippen LogP contribution in [0.5, 0.6) is 0 Å². The Balaban J connectivity index is 1.60. The van der Waals surface area contributed by atoms with Gasteiger partial charge in [0.1, 0.15) is 0 Å². The molecule has 3 aromatic rings. The maximum absolute atomic E-state index is 12.3. The highest BCUT2D eigenvalue weighted by Crippen LogP contribution is 2.13. The van der Waals surface area contributed by atoms with E-state index < -0.39 is 0 Å². The van der Waals surface area contributed by atoms with Gasteiger partial charge in [-0.15, -0.1) is 0 Å². The van der Waals surface area contributed by atoms with Gasteiger partial charge in [0.15, 0.2) is 0 Å². The van der Waals surface area contributed by atoms with Gasteiger partial charge in [0.25, 0.3) is 5.91 Å². The zero-order valence-electron chi connectivity index (χ0n) is 14.1. The van der Waals surface area contributed by atoms with Crippen LogP contribution in [-0.4, -0.2) is 10.9 Å². The van der Waals surface area contributed by atoms with Gasteiger partial charge >= 0.3 is 0 Å². The Labute approximate surface area is 152 Å². The number of nitrogens with zero attached hydrogens (tertiary/aromatic N) is 2. The summed E-state index contributed by atoms with van der Waals surface area (Å²) < 4.78 is 0. The molecule has 0 bridgehead atoms. The fourth-order valence-corrected chi connectivity index (χ4v) is 2.50. The third-order valence-corrected chi connectivity index (χ3v) is 3.83. The average Bonchev–Trinajstić information content (AvgIpc) is 2.71. The monoisotopic (exact) mass is 342 g/mol. The maximum Gasteiger partial charge on any atom is 0.251 e. The average molecular weight is 342 g/mol. The first kappa shape index (κ1) is 17.2. The van der Waals surface area contributed by atoms with Gasteiger partial charge in [0.2, 0.25) is 0 Å². The van der Waals surface area contributed by atoms with Crippen LogP contribution < -0.4 is 10.6 Å². The zero-order valence-corrected chi connectivity index (χ0v) is 14.1. The van der Waals surface area contributed by atoms with E-state index in [9.17, 15) is 4.79 Å². The van der Waals surface area contributed by atoms with Crippen LogP contribution in [0.2, 0.25) is 0 Å². The lowest BCUT2D eigenvalue weighted by Crippen LogP contribution is -2.23. The van der Waals surface area contributed by atoms with Crippen molar-refractivity contribution in [1.29, 1.82) is 5.26 Å². The van der Waals surface area contributed by atoms with E-state index in [1.165, 1.54) is 0 Å². The molecule has 5 heteroatoms. The molecular formula is C21H18N4O. The lowest BCUT2D eigenvalue weighted by atomic mass is 10.1. The van der Waals surface area contributed by atoms with E-state index in [0.29, 0.717) is 24.2 Å². The highest BCUT2D eigenvalue weighted by atomic mass is 16.1. The van der Waals surface area contributed by atoms with Crippen molar-refractivity contribution in [3.8, 4) is 6.07 Å². The molecule has 5 nitrogen and oxygen atoms in total. The molecule has 0 atom stereocenters. The van der Waals surface area contributed by atoms with Crippen LogP contribution in [0.3, 0.4) is 0 Å². The van der Waals surface area contributed by atoms with Crippen LogP contribution in [0.25, 0.3) is 0 Å². The molecule has 2 aromatic carbocycles. The third kappa shape index (κ3) is 4.68. The summed E-state index contributed by atoms with van der Waals surface area (Å²) in [6.07, 6.45) is 1.70. The number of pyridine rings is 1. The van der Waals surface area contributed by atoms with Crippen molar-refractivity contribution in [1.82, 2.24) is 10.3 Å². The van der Waals surface area contributed by atoms with Gasteiger partial charge < -0.3 is 10.6 Å². The molecule has 128 valence electrons. The Bertz CT molecular complexity index is 932. The number of carbonyl (C=O) groups is 1. The lowest BCUT2D eigenvalue weighted by molar-refractivity contribution is 0.0950. The summed E-state index contributed by atoms with van der Waals surface area (Å²) in [6, 6.07) is 22.5. The van der Waals surface area contributed by atoms with E-state index in [0.717, 1.165) is 16.9 Å². The molecule has 0 fully saturated rings. The Morgan fingerprint density at radius 1 is 1.00 bits per heavy atom. The van der Waals surface area contributed by atoms with Gasteiger partial charge in [-0.2, -0.15) is 5.26 Å². The van der Waals surface area contributed by atoms with Gasteiger partial charge in [0.05, 0.1) is 23.9 Å². The molecule has 1 heterocycles. The molecule has 0 aliphatic carbocycles. The van der Waals surface area contributed by atoms with E-state index >= 15 is 0 Å². The molecule has 0 aliphatic rings. The molecule has 0 aliphatic heterocycles. The van der Waals surface area contributed by atoms with Crippen LogP contribution in [0, 0.1) is 11.3 Å². The van der Waals surface area contributed by atoms with E-state index in [2.05, 4.69) is 21.7 Å². The number of nitriles is 1. The van der Waals surface area contributed by atoms with Crippen molar-refractivity contribution in [2.45, 2.75) is 13.1 Å². The Hall–Kier alpha value is -3.65. The summed E-state index contributed by atoms with van der Waals surface area (Å²) >= 11 is 0. The summed E-state index contributed by atoms with van der Waals surface area (Å²) in [7, 11) is 0. The highest BCUT2D eigenvalue weighted by molar-refractivity contribution is 5.95. The topological polar surface area (TPSA) is 77.8 Å². The van der Waals surface area contributed by atoms with Crippen LogP contribution in [0.15, 0.2) is 72.9 Å². The van der Waals surface area contributed by atoms with Crippen LogP contribution in [-0.2, 0) is 13.1 Å². The quantitative estimate of drug-likeness (QED) is 0.719. The summed E-state index contributed by atoms with van der Waals surface area (Å²) in [4.78, 5) is 16.5. The molecule has 0 unspecified atom stereocenters. The minimum atomic E-state index is -0.147. The molecular weight excluding hydrogens is 324 g/mol. The third-order valence-electron chi connectivity index (χ3n) is 3.83. The minimum absolute atomic E-state index is 0.147. The number of benzene rings is 2. The number of rotatable bonds is 6. The summed E-state index contributed by atoms with van der Waals surface area (Å²) in [5, 5.41) is 15.1. The fourth-order valence-electron chi connectivity index (χ4n) is 2.50. The number of anilines is 1. The molecule has 1 amide bonds. The minimum Gasteiger partial charge on any atom is -0.381 e. The molecule has 26 heavy (non-hydrogen) atoms. The van der Waals surface area contributed by atoms with Gasteiger partial charge in [0, 0.05) is 24.0 Å². The molecule has 2 N–H and O–H groups in total. The molecule has 0 radical (unpaired) electrons. The summed E-state index contributed by atoms with van der Waals surface area (Å²) in [6.45, 7) is 0.965. The van der Waals surface area contributed by atoms with Crippen molar-refractivity contribution in [2.24, 2.45) is 0 Å². The Morgan fingerprint density at radius 2 is 1.88 bits per heavy atom. The van der Waals surface area contributed by atoms with Gasteiger partial charge in [-0.05, 0) is 48.0 Å². The Kier molecular flexibility index (Phi) is 5.58. The normalized spacial score (nSPS) is 9.96. The second-order valence-corrected chi connectivity index (χ2v) is 5.75. The number of carbonyl (C=O) groups excluding carboxylic acids is 1. The first-order valence-corrected chi connectivity index (χ1v) is 8.26. The molecule has 1 aromatic heterocycles. The fraction of sp³-hybridized carbons (Fsp3) is 0.0952. The lowest BCUT2D eigenvalue weighted by Gasteiger charge is -2.09. The summed E-state index contributed by atoms with van der Waals surface area (Å²) in [5.41, 5.74) is 3.88. The van der Waals surface area contributed by atoms with E-state index in [-0.39, 0.29) is 5.91 Å². The van der Waals surface area contributed by atoms with Gasteiger partial charge in [-0.1, -0.05) is 24.3 Å². The molecule has 0 saturated carbocycles. The van der Waals surface area contributed by atoms with E-state index in [1.807, 2.05) is 54.6 Å². The van der Waals surface area contributed by atoms with E-state index in [4.69, 9.17) is 5.26 Å². The molecule has 3 rings (SSSR count). The van der Waals surface area contributed by atoms with Crippen molar-refractivity contribution in [3.05, 3.63) is 95.3 Å². The zero-order chi connectivity index (χ0) is 18.2. The second-order valence-electron chi connectivity index (χ2n) is 5.75. The second kappa shape index (κ2) is 8.45. The van der Waals surface area contributed by atoms with E-state index in [1.54, 1.807) is 18.3 Å². The summed E-state index contributed by atoms with van der Waals surface area (Å²) in [5.74, 6) is -0.147. The maximum atomic E-state index is 12.3. The standard InChI is InChI=1S/C21H18N4O/c22-13-16-5-3-6-17(11-16)14-24-19-9-4-7-18(12-19)21(26)25-15-20-8-1-2-10-23-20/h1-12,24H,14-15H2,(H,25,26). The van der Waals surface area contributed by atoms with Crippen molar-refractivity contribution < 1.29 is 4.79 Å². The number of nitrogens with one attached hydrogen (secondary N) is 2. The van der Waals surface area contributed by atoms with Crippen LogP contribution in [0.4, 0.5) is 5.69 Å². The predicted molar refractivity (Wildman–Crippen MR) is 100 cm³/mol. The van der Waals surface area contributed by atoms with Gasteiger partial charge in [-0.3, -0.25) is 9.78 Å². The van der Waals surface area contributed by atoms with Crippen molar-refractivity contribution in [3.63, 3.8) is 0 Å². The molecule has 0 spiro atoms. The highest BCUT2D eigenvalue weighted by Gasteiger charge is 2.06. The first-order chi connectivity index (χ1) is 12.7. The molecule has 0 saturated heterocycles. The predicted octanol–water partition coefficient (Wildman–Crippen LogP) is 3.50.